The number of aliphatic hydroxyl groups is 1. The van der Waals surface area contributed by atoms with Crippen LogP contribution in [-0.2, 0) is 16.9 Å². The Bertz CT molecular complexity index is 660. The van der Waals surface area contributed by atoms with Crippen molar-refractivity contribution in [2.24, 2.45) is 0 Å². The van der Waals surface area contributed by atoms with Gasteiger partial charge in [-0.2, -0.15) is 0 Å². The average molecular weight is 324 g/mol. The van der Waals surface area contributed by atoms with Crippen LogP contribution in [0.15, 0.2) is 16.5 Å². The van der Waals surface area contributed by atoms with Gasteiger partial charge in [0.15, 0.2) is 0 Å². The zero-order valence-electron chi connectivity index (χ0n) is 13.1. The molecule has 0 aliphatic heterocycles. The number of aromatic nitrogens is 1. The van der Waals surface area contributed by atoms with E-state index in [1.54, 1.807) is 40.0 Å². The van der Waals surface area contributed by atoms with Crippen molar-refractivity contribution in [3.8, 4) is 0 Å². The fourth-order valence-corrected chi connectivity index (χ4v) is 2.95. The molecule has 22 heavy (non-hydrogen) atoms. The minimum atomic E-state index is -1.27. The molecule has 0 aromatic carbocycles. The minimum absolute atomic E-state index is 0.0513. The molecule has 0 aliphatic rings. The molecule has 2 aromatic heterocycles. The summed E-state index contributed by atoms with van der Waals surface area (Å²) in [6, 6.07) is 3.48. The lowest BCUT2D eigenvalue weighted by molar-refractivity contribution is 0.0324. The Morgan fingerprint density at radius 3 is 2.82 bits per heavy atom. The van der Waals surface area contributed by atoms with E-state index in [9.17, 15) is 9.90 Å². The van der Waals surface area contributed by atoms with Gasteiger partial charge in [0.05, 0.1) is 18.8 Å². The van der Waals surface area contributed by atoms with Crippen molar-refractivity contribution in [3.05, 3.63) is 39.2 Å². The third kappa shape index (κ3) is 3.73. The number of amides is 1. The SMILES string of the molecule is COCc1nc(C)c(C(=O)NCC(C)(O)c2ccc(C)o2)s1. The van der Waals surface area contributed by atoms with Crippen molar-refractivity contribution in [2.75, 3.05) is 13.7 Å². The number of methoxy groups -OCH3 is 1. The van der Waals surface area contributed by atoms with Gasteiger partial charge < -0.3 is 19.6 Å². The number of ether oxygens (including phenoxy) is 1. The number of rotatable bonds is 6. The number of carbonyl (C=O) groups excluding carboxylic acids is 1. The number of thiazole rings is 1. The molecule has 6 nitrogen and oxygen atoms in total. The van der Waals surface area contributed by atoms with Crippen LogP contribution in [0.4, 0.5) is 0 Å². The Labute approximate surface area is 133 Å². The van der Waals surface area contributed by atoms with E-state index in [-0.39, 0.29) is 12.5 Å². The number of nitrogens with one attached hydrogen (secondary N) is 1. The Hall–Kier alpha value is -1.70. The van der Waals surface area contributed by atoms with Crippen LogP contribution in [0.5, 0.6) is 0 Å². The number of nitrogens with zero attached hydrogens (tertiary/aromatic N) is 1. The first kappa shape index (κ1) is 16.7. The highest BCUT2D eigenvalue weighted by atomic mass is 32.1. The molecule has 0 bridgehead atoms. The highest BCUT2D eigenvalue weighted by molar-refractivity contribution is 7.13. The lowest BCUT2D eigenvalue weighted by Crippen LogP contribution is -2.38. The molecule has 7 heteroatoms. The van der Waals surface area contributed by atoms with Crippen LogP contribution in [0.1, 0.15) is 38.8 Å². The van der Waals surface area contributed by atoms with Crippen LogP contribution in [0.3, 0.4) is 0 Å². The van der Waals surface area contributed by atoms with Gasteiger partial charge in [0, 0.05) is 7.11 Å². The molecule has 2 N–H and O–H groups in total. The quantitative estimate of drug-likeness (QED) is 0.850. The van der Waals surface area contributed by atoms with Crippen molar-refractivity contribution in [2.45, 2.75) is 33.0 Å². The molecule has 0 saturated heterocycles. The van der Waals surface area contributed by atoms with Crippen molar-refractivity contribution in [1.82, 2.24) is 10.3 Å². The molecule has 2 heterocycles. The zero-order chi connectivity index (χ0) is 16.3. The maximum absolute atomic E-state index is 12.2. The number of hydrogen-bond acceptors (Lipinski definition) is 6. The third-order valence-corrected chi connectivity index (χ3v) is 4.31. The highest BCUT2D eigenvalue weighted by Gasteiger charge is 2.28. The molecule has 1 atom stereocenters. The van der Waals surface area contributed by atoms with Crippen molar-refractivity contribution >= 4 is 17.2 Å². The summed E-state index contributed by atoms with van der Waals surface area (Å²) in [6.07, 6.45) is 0. The first-order valence-electron chi connectivity index (χ1n) is 6.86. The smallest absolute Gasteiger partial charge is 0.263 e. The van der Waals surface area contributed by atoms with Gasteiger partial charge in [0.2, 0.25) is 0 Å². The number of aryl methyl sites for hydroxylation is 2. The topological polar surface area (TPSA) is 84.6 Å². The summed E-state index contributed by atoms with van der Waals surface area (Å²) >= 11 is 1.29. The van der Waals surface area contributed by atoms with E-state index in [0.717, 1.165) is 5.01 Å². The van der Waals surface area contributed by atoms with Gasteiger partial charge >= 0.3 is 0 Å². The summed E-state index contributed by atoms with van der Waals surface area (Å²) < 4.78 is 10.4. The maximum atomic E-state index is 12.2. The largest absolute Gasteiger partial charge is 0.463 e. The number of hydrogen-bond donors (Lipinski definition) is 2. The number of carbonyl (C=O) groups is 1. The van der Waals surface area contributed by atoms with E-state index in [1.165, 1.54) is 11.3 Å². The minimum Gasteiger partial charge on any atom is -0.463 e. The van der Waals surface area contributed by atoms with Gasteiger partial charge in [-0.3, -0.25) is 4.79 Å². The predicted octanol–water partition coefficient (Wildman–Crippen LogP) is 2.14. The molecule has 1 unspecified atom stereocenters. The molecule has 0 spiro atoms. The lowest BCUT2D eigenvalue weighted by atomic mass is 10.0. The van der Waals surface area contributed by atoms with E-state index in [0.29, 0.717) is 28.7 Å². The molecule has 1 amide bonds. The second kappa shape index (κ2) is 6.60. The lowest BCUT2D eigenvalue weighted by Gasteiger charge is -2.21. The van der Waals surface area contributed by atoms with Crippen LogP contribution >= 0.6 is 11.3 Å². The van der Waals surface area contributed by atoms with Gasteiger partial charge in [-0.25, -0.2) is 4.98 Å². The molecule has 0 radical (unpaired) electrons. The molecular formula is C15H20N2O4S. The number of furan rings is 1. The van der Waals surface area contributed by atoms with Crippen molar-refractivity contribution in [1.29, 1.82) is 0 Å². The van der Waals surface area contributed by atoms with Gasteiger partial charge in [0.25, 0.3) is 5.91 Å². The Morgan fingerprint density at radius 2 is 2.23 bits per heavy atom. The molecule has 2 rings (SSSR count). The standard InChI is InChI=1S/C15H20N2O4S/c1-9-5-6-11(21-9)15(3,19)8-16-14(18)13-10(2)17-12(22-13)7-20-4/h5-6,19H,7-8H2,1-4H3,(H,16,18). The Kier molecular flexibility index (Phi) is 5.00. The van der Waals surface area contributed by atoms with E-state index in [2.05, 4.69) is 10.3 Å². The van der Waals surface area contributed by atoms with Crippen LogP contribution in [0.2, 0.25) is 0 Å². The second-order valence-corrected chi connectivity index (χ2v) is 6.41. The average Bonchev–Trinajstić information content (AvgIpc) is 3.03. The summed E-state index contributed by atoms with van der Waals surface area (Å²) in [6.45, 7) is 5.61. The maximum Gasteiger partial charge on any atom is 0.263 e. The summed E-state index contributed by atoms with van der Waals surface area (Å²) in [5, 5.41) is 13.9. The zero-order valence-corrected chi connectivity index (χ0v) is 13.9. The fourth-order valence-electron chi connectivity index (χ4n) is 1.99. The van der Waals surface area contributed by atoms with Crippen LogP contribution in [0, 0.1) is 13.8 Å². The van der Waals surface area contributed by atoms with E-state index in [4.69, 9.17) is 9.15 Å². The summed E-state index contributed by atoms with van der Waals surface area (Å²) in [5.74, 6) is 0.872. The highest BCUT2D eigenvalue weighted by Crippen LogP contribution is 2.23. The Morgan fingerprint density at radius 1 is 1.50 bits per heavy atom. The molecule has 120 valence electrons. The van der Waals surface area contributed by atoms with Gasteiger partial charge in [-0.15, -0.1) is 11.3 Å². The normalized spacial score (nSPS) is 13.9. The van der Waals surface area contributed by atoms with Crippen molar-refractivity contribution in [3.63, 3.8) is 0 Å². The molecule has 0 fully saturated rings. The van der Waals surface area contributed by atoms with E-state index in [1.807, 2.05) is 0 Å². The molecule has 0 saturated carbocycles. The van der Waals surface area contributed by atoms with Gasteiger partial charge in [-0.1, -0.05) is 0 Å². The molecule has 0 aliphatic carbocycles. The Balaban J connectivity index is 2.03. The van der Waals surface area contributed by atoms with E-state index < -0.39 is 5.60 Å². The van der Waals surface area contributed by atoms with Gasteiger partial charge in [-0.05, 0) is 32.9 Å². The van der Waals surface area contributed by atoms with Crippen molar-refractivity contribution < 1.29 is 19.1 Å². The fraction of sp³-hybridized carbons (Fsp3) is 0.467. The summed E-state index contributed by atoms with van der Waals surface area (Å²) in [7, 11) is 1.58. The summed E-state index contributed by atoms with van der Waals surface area (Å²) in [4.78, 5) is 17.0. The van der Waals surface area contributed by atoms with Crippen LogP contribution in [-0.4, -0.2) is 29.7 Å². The first-order valence-corrected chi connectivity index (χ1v) is 7.68. The predicted molar refractivity (Wildman–Crippen MR) is 82.9 cm³/mol. The molecular weight excluding hydrogens is 304 g/mol. The second-order valence-electron chi connectivity index (χ2n) is 5.32. The van der Waals surface area contributed by atoms with Gasteiger partial charge in [0.1, 0.15) is 27.0 Å². The van der Waals surface area contributed by atoms with Crippen LogP contribution in [0.25, 0.3) is 0 Å². The van der Waals surface area contributed by atoms with E-state index >= 15 is 0 Å². The monoisotopic (exact) mass is 324 g/mol. The third-order valence-electron chi connectivity index (χ3n) is 3.18. The summed E-state index contributed by atoms with van der Waals surface area (Å²) in [5.41, 5.74) is -0.610. The van der Waals surface area contributed by atoms with Crippen LogP contribution < -0.4 is 5.32 Å². The molecule has 2 aromatic rings. The first-order chi connectivity index (χ1) is 10.3.